The summed E-state index contributed by atoms with van der Waals surface area (Å²) in [5.74, 6) is -0.682. The van der Waals surface area contributed by atoms with Gasteiger partial charge in [-0.15, -0.1) is 0 Å². The molecular weight excluding hydrogens is 232 g/mol. The molecule has 0 heterocycles. The number of rotatable bonds is 9. The third kappa shape index (κ3) is 6.59. The van der Waals surface area contributed by atoms with Crippen LogP contribution < -0.4 is 11.1 Å². The quantitative estimate of drug-likeness (QED) is 0.582. The molecule has 5 nitrogen and oxygen atoms in total. The van der Waals surface area contributed by atoms with E-state index in [-0.39, 0.29) is 30.8 Å². The molecule has 1 amide bonds. The number of hydrogen-bond acceptors (Lipinski definition) is 3. The van der Waals surface area contributed by atoms with Crippen LogP contribution in [0.15, 0.2) is 0 Å². The maximum absolute atomic E-state index is 11.3. The lowest BCUT2D eigenvalue weighted by Gasteiger charge is -2.28. The van der Waals surface area contributed by atoms with Crippen LogP contribution >= 0.6 is 0 Å². The van der Waals surface area contributed by atoms with Gasteiger partial charge in [0.2, 0.25) is 5.91 Å². The summed E-state index contributed by atoms with van der Waals surface area (Å²) < 4.78 is 0. The highest BCUT2D eigenvalue weighted by molar-refractivity contribution is 5.79. The molecule has 2 unspecified atom stereocenters. The minimum Gasteiger partial charge on any atom is -0.481 e. The highest BCUT2D eigenvalue weighted by atomic mass is 16.4. The minimum atomic E-state index is -0.896. The molecule has 0 saturated carbocycles. The van der Waals surface area contributed by atoms with Crippen LogP contribution in [0.2, 0.25) is 0 Å². The molecule has 0 rings (SSSR count). The largest absolute Gasteiger partial charge is 0.481 e. The lowest BCUT2D eigenvalue weighted by atomic mass is 9.84. The molecule has 0 aromatic carbocycles. The number of amides is 1. The van der Waals surface area contributed by atoms with Crippen molar-refractivity contribution in [1.82, 2.24) is 5.32 Å². The fraction of sp³-hybridized carbons (Fsp3) is 0.846. The third-order valence-electron chi connectivity index (χ3n) is 3.47. The van der Waals surface area contributed by atoms with Crippen molar-refractivity contribution in [3.8, 4) is 0 Å². The zero-order valence-electron chi connectivity index (χ0n) is 11.6. The van der Waals surface area contributed by atoms with Gasteiger partial charge < -0.3 is 16.2 Å². The van der Waals surface area contributed by atoms with Gasteiger partial charge >= 0.3 is 5.97 Å². The van der Waals surface area contributed by atoms with Gasteiger partial charge in [0.25, 0.3) is 0 Å². The zero-order chi connectivity index (χ0) is 14.1. The molecule has 0 aliphatic rings. The topological polar surface area (TPSA) is 92.4 Å². The van der Waals surface area contributed by atoms with E-state index in [1.807, 2.05) is 6.92 Å². The molecule has 0 aromatic rings. The molecule has 106 valence electrons. The molecule has 5 heteroatoms. The Morgan fingerprint density at radius 3 is 2.39 bits per heavy atom. The highest BCUT2D eigenvalue weighted by Gasteiger charge is 2.25. The number of aliphatic carboxylic acids is 1. The molecule has 0 bridgehead atoms. The number of nitrogens with two attached hydrogens (primary N) is 1. The third-order valence-corrected chi connectivity index (χ3v) is 3.47. The lowest BCUT2D eigenvalue weighted by molar-refractivity contribution is -0.138. The minimum absolute atomic E-state index is 0.0522. The van der Waals surface area contributed by atoms with E-state index in [4.69, 9.17) is 10.8 Å². The van der Waals surface area contributed by atoms with Crippen LogP contribution in [0.5, 0.6) is 0 Å². The summed E-state index contributed by atoms with van der Waals surface area (Å²) in [5, 5.41) is 11.6. The lowest BCUT2D eigenvalue weighted by Crippen LogP contribution is -2.45. The molecule has 4 N–H and O–H groups in total. The summed E-state index contributed by atoms with van der Waals surface area (Å²) in [5.41, 5.74) is 5.25. The SMILES string of the molecule is CCCCC(C)C(C)[C@@H](CC(=O)O)NC(=O)CN. The summed E-state index contributed by atoms with van der Waals surface area (Å²) in [6.45, 7) is 6.11. The molecule has 0 fully saturated rings. The first kappa shape index (κ1) is 16.9. The van der Waals surface area contributed by atoms with Crippen molar-refractivity contribution in [2.45, 2.75) is 52.5 Å². The van der Waals surface area contributed by atoms with Crippen LogP contribution in [0.3, 0.4) is 0 Å². The van der Waals surface area contributed by atoms with Crippen molar-refractivity contribution in [2.75, 3.05) is 6.54 Å². The fourth-order valence-corrected chi connectivity index (χ4v) is 2.01. The zero-order valence-corrected chi connectivity index (χ0v) is 11.6. The van der Waals surface area contributed by atoms with Crippen LogP contribution in [-0.2, 0) is 9.59 Å². The monoisotopic (exact) mass is 258 g/mol. The van der Waals surface area contributed by atoms with Crippen LogP contribution in [0.1, 0.15) is 46.5 Å². The highest BCUT2D eigenvalue weighted by Crippen LogP contribution is 2.22. The summed E-state index contributed by atoms with van der Waals surface area (Å²) in [4.78, 5) is 22.2. The standard InChI is InChI=1S/C13H26N2O3/c1-4-5-6-9(2)10(3)11(7-13(17)18)15-12(16)8-14/h9-11H,4-8,14H2,1-3H3,(H,15,16)(H,17,18)/t9?,10?,11-/m1/s1. The van der Waals surface area contributed by atoms with Crippen LogP contribution in [-0.4, -0.2) is 29.6 Å². The van der Waals surface area contributed by atoms with E-state index in [1.54, 1.807) is 0 Å². The van der Waals surface area contributed by atoms with Crippen molar-refractivity contribution < 1.29 is 14.7 Å². The van der Waals surface area contributed by atoms with Crippen LogP contribution in [0.25, 0.3) is 0 Å². The molecule has 3 atom stereocenters. The van der Waals surface area contributed by atoms with Gasteiger partial charge in [-0.25, -0.2) is 0 Å². The summed E-state index contributed by atoms with van der Waals surface area (Å²) in [6.07, 6.45) is 3.24. The van der Waals surface area contributed by atoms with Crippen LogP contribution in [0, 0.1) is 11.8 Å². The molecular formula is C13H26N2O3. The van der Waals surface area contributed by atoms with Crippen LogP contribution in [0.4, 0.5) is 0 Å². The Bertz CT molecular complexity index is 269. The fourth-order valence-electron chi connectivity index (χ4n) is 2.01. The normalized spacial score (nSPS) is 15.8. The number of hydrogen-bond donors (Lipinski definition) is 3. The van der Waals surface area contributed by atoms with Gasteiger partial charge in [0.1, 0.15) is 0 Å². The average molecular weight is 258 g/mol. The van der Waals surface area contributed by atoms with Gasteiger partial charge in [0.15, 0.2) is 0 Å². The van der Waals surface area contributed by atoms with Gasteiger partial charge in [0.05, 0.1) is 13.0 Å². The number of carboxylic acid groups (broad SMARTS) is 1. The van der Waals surface area contributed by atoms with E-state index in [0.717, 1.165) is 19.3 Å². The Hall–Kier alpha value is -1.10. The maximum atomic E-state index is 11.3. The number of nitrogens with one attached hydrogen (secondary N) is 1. The van der Waals surface area contributed by atoms with Crippen molar-refractivity contribution in [3.05, 3.63) is 0 Å². The Morgan fingerprint density at radius 2 is 1.94 bits per heavy atom. The van der Waals surface area contributed by atoms with Gasteiger partial charge in [0, 0.05) is 6.04 Å². The molecule has 18 heavy (non-hydrogen) atoms. The van der Waals surface area contributed by atoms with Crippen molar-refractivity contribution >= 4 is 11.9 Å². The van der Waals surface area contributed by atoms with Crippen molar-refractivity contribution in [1.29, 1.82) is 0 Å². The average Bonchev–Trinajstić information content (AvgIpc) is 2.33. The Kier molecular flexibility index (Phi) is 8.37. The predicted octanol–water partition coefficient (Wildman–Crippen LogP) is 1.37. The first-order valence-corrected chi connectivity index (χ1v) is 6.63. The maximum Gasteiger partial charge on any atom is 0.305 e. The smallest absolute Gasteiger partial charge is 0.305 e. The summed E-state index contributed by atoms with van der Waals surface area (Å²) in [7, 11) is 0. The van der Waals surface area contributed by atoms with E-state index in [0.29, 0.717) is 5.92 Å². The molecule has 0 aliphatic carbocycles. The Labute approximate surface area is 109 Å². The second-order valence-corrected chi connectivity index (χ2v) is 4.95. The summed E-state index contributed by atoms with van der Waals surface area (Å²) in [6, 6.07) is -0.342. The first-order valence-electron chi connectivity index (χ1n) is 6.63. The van der Waals surface area contributed by atoms with E-state index in [2.05, 4.69) is 19.2 Å². The Morgan fingerprint density at radius 1 is 1.33 bits per heavy atom. The predicted molar refractivity (Wildman–Crippen MR) is 71.1 cm³/mol. The molecule has 0 saturated heterocycles. The molecule has 0 aliphatic heterocycles. The van der Waals surface area contributed by atoms with Gasteiger partial charge in [-0.2, -0.15) is 0 Å². The van der Waals surface area contributed by atoms with E-state index >= 15 is 0 Å². The Balaban J connectivity index is 4.51. The number of carboxylic acids is 1. The van der Waals surface area contributed by atoms with Gasteiger partial charge in [-0.3, -0.25) is 9.59 Å². The van der Waals surface area contributed by atoms with Crippen molar-refractivity contribution in [2.24, 2.45) is 17.6 Å². The second-order valence-electron chi connectivity index (χ2n) is 4.95. The molecule has 0 spiro atoms. The number of carbonyl (C=O) groups excluding carboxylic acids is 1. The molecule has 0 aromatic heterocycles. The molecule has 0 radical (unpaired) electrons. The summed E-state index contributed by atoms with van der Waals surface area (Å²) >= 11 is 0. The van der Waals surface area contributed by atoms with Gasteiger partial charge in [-0.1, -0.05) is 40.0 Å². The number of carbonyl (C=O) groups is 2. The van der Waals surface area contributed by atoms with Gasteiger partial charge in [-0.05, 0) is 11.8 Å². The van der Waals surface area contributed by atoms with E-state index in [9.17, 15) is 9.59 Å². The van der Waals surface area contributed by atoms with Crippen molar-refractivity contribution in [3.63, 3.8) is 0 Å². The first-order chi connectivity index (χ1) is 8.42. The second kappa shape index (κ2) is 8.91. The number of unbranched alkanes of at least 4 members (excludes halogenated alkanes) is 1. The van der Waals surface area contributed by atoms with E-state index in [1.165, 1.54) is 0 Å². The van der Waals surface area contributed by atoms with E-state index < -0.39 is 5.97 Å².